The standard InChI is InChI=1S/C14H13ClN2O3/c1-9-6-12(16)4-5-14(9)20-8-10-2-3-11(15)7-13(10)17(18)19/h2-7H,8,16H2,1H3. The van der Waals surface area contributed by atoms with Crippen LogP contribution in [0.3, 0.4) is 0 Å². The highest BCUT2D eigenvalue weighted by Gasteiger charge is 2.15. The van der Waals surface area contributed by atoms with Gasteiger partial charge in [-0.2, -0.15) is 0 Å². The van der Waals surface area contributed by atoms with Crippen LogP contribution in [0.1, 0.15) is 11.1 Å². The summed E-state index contributed by atoms with van der Waals surface area (Å²) in [6.07, 6.45) is 0. The molecular formula is C14H13ClN2O3. The second-order valence-corrected chi connectivity index (χ2v) is 4.78. The Labute approximate surface area is 121 Å². The molecule has 0 bridgehead atoms. The van der Waals surface area contributed by atoms with Gasteiger partial charge in [-0.25, -0.2) is 0 Å². The van der Waals surface area contributed by atoms with Crippen LogP contribution in [0.4, 0.5) is 11.4 Å². The Kier molecular flexibility index (Phi) is 4.10. The van der Waals surface area contributed by atoms with Crippen molar-refractivity contribution < 1.29 is 9.66 Å². The molecule has 104 valence electrons. The van der Waals surface area contributed by atoms with Gasteiger partial charge >= 0.3 is 0 Å². The maximum absolute atomic E-state index is 11.0. The van der Waals surface area contributed by atoms with Crippen molar-refractivity contribution in [2.75, 3.05) is 5.73 Å². The normalized spacial score (nSPS) is 10.3. The zero-order valence-corrected chi connectivity index (χ0v) is 11.6. The maximum atomic E-state index is 11.0. The number of nitrogens with two attached hydrogens (primary N) is 1. The van der Waals surface area contributed by atoms with E-state index >= 15 is 0 Å². The summed E-state index contributed by atoms with van der Waals surface area (Å²) in [6, 6.07) is 9.75. The van der Waals surface area contributed by atoms with E-state index in [-0.39, 0.29) is 12.3 Å². The molecule has 0 aromatic heterocycles. The average Bonchev–Trinajstić information content (AvgIpc) is 2.38. The van der Waals surface area contributed by atoms with E-state index in [0.29, 0.717) is 22.0 Å². The molecule has 5 nitrogen and oxygen atoms in total. The van der Waals surface area contributed by atoms with Crippen LogP contribution in [0.25, 0.3) is 0 Å². The predicted octanol–water partition coefficient (Wildman–Crippen LogP) is 3.72. The van der Waals surface area contributed by atoms with Crippen LogP contribution < -0.4 is 10.5 Å². The first-order valence-electron chi connectivity index (χ1n) is 5.89. The molecule has 0 unspecified atom stereocenters. The minimum absolute atomic E-state index is 0.0504. The SMILES string of the molecule is Cc1cc(N)ccc1OCc1ccc(Cl)cc1[N+](=O)[O-]. The van der Waals surface area contributed by atoms with E-state index in [1.54, 1.807) is 30.3 Å². The number of benzene rings is 2. The summed E-state index contributed by atoms with van der Waals surface area (Å²) < 4.78 is 5.61. The van der Waals surface area contributed by atoms with Crippen molar-refractivity contribution in [3.05, 3.63) is 62.7 Å². The molecule has 2 N–H and O–H groups in total. The van der Waals surface area contributed by atoms with E-state index in [0.717, 1.165) is 5.56 Å². The zero-order chi connectivity index (χ0) is 14.7. The fourth-order valence-electron chi connectivity index (χ4n) is 1.82. The summed E-state index contributed by atoms with van der Waals surface area (Å²) in [4.78, 5) is 10.5. The van der Waals surface area contributed by atoms with Crippen molar-refractivity contribution in [2.45, 2.75) is 13.5 Å². The minimum atomic E-state index is -0.472. The van der Waals surface area contributed by atoms with Crippen LogP contribution in [0.15, 0.2) is 36.4 Å². The number of hydrogen-bond donors (Lipinski definition) is 1. The number of hydrogen-bond acceptors (Lipinski definition) is 4. The summed E-state index contributed by atoms with van der Waals surface area (Å²) in [5.74, 6) is 0.642. The molecule has 0 saturated heterocycles. The molecule has 0 fully saturated rings. The Morgan fingerprint density at radius 2 is 2.05 bits per heavy atom. The summed E-state index contributed by atoms with van der Waals surface area (Å²) in [6.45, 7) is 1.96. The smallest absolute Gasteiger partial charge is 0.277 e. The number of halogens is 1. The van der Waals surface area contributed by atoms with Gasteiger partial charge in [0.15, 0.2) is 0 Å². The topological polar surface area (TPSA) is 78.4 Å². The van der Waals surface area contributed by atoms with Gasteiger partial charge in [0.2, 0.25) is 0 Å². The van der Waals surface area contributed by atoms with Crippen molar-refractivity contribution in [2.24, 2.45) is 0 Å². The third-order valence-corrected chi connectivity index (χ3v) is 3.06. The molecule has 0 amide bonds. The number of nitro benzene ring substituents is 1. The fourth-order valence-corrected chi connectivity index (χ4v) is 1.99. The largest absolute Gasteiger partial charge is 0.488 e. The van der Waals surface area contributed by atoms with Crippen molar-refractivity contribution in [1.82, 2.24) is 0 Å². The Balaban J connectivity index is 2.20. The fraction of sp³-hybridized carbons (Fsp3) is 0.143. The first-order chi connectivity index (χ1) is 9.47. The van der Waals surface area contributed by atoms with Gasteiger partial charge in [0.05, 0.1) is 10.5 Å². The van der Waals surface area contributed by atoms with Crippen molar-refractivity contribution >= 4 is 23.0 Å². The molecule has 0 spiro atoms. The number of nitro groups is 1. The Morgan fingerprint density at radius 1 is 1.30 bits per heavy atom. The van der Waals surface area contributed by atoms with Crippen LogP contribution in [0.5, 0.6) is 5.75 Å². The monoisotopic (exact) mass is 292 g/mol. The van der Waals surface area contributed by atoms with Gasteiger partial charge in [-0.15, -0.1) is 0 Å². The van der Waals surface area contributed by atoms with Crippen LogP contribution >= 0.6 is 11.6 Å². The van der Waals surface area contributed by atoms with Crippen LogP contribution in [-0.2, 0) is 6.61 Å². The van der Waals surface area contributed by atoms with Gasteiger partial charge in [-0.1, -0.05) is 11.6 Å². The number of aryl methyl sites for hydroxylation is 1. The zero-order valence-electron chi connectivity index (χ0n) is 10.8. The molecule has 0 radical (unpaired) electrons. The van der Waals surface area contributed by atoms with Gasteiger partial charge < -0.3 is 10.5 Å². The molecule has 20 heavy (non-hydrogen) atoms. The number of ether oxygens (including phenoxy) is 1. The first-order valence-corrected chi connectivity index (χ1v) is 6.27. The Hall–Kier alpha value is -2.27. The lowest BCUT2D eigenvalue weighted by molar-refractivity contribution is -0.385. The highest BCUT2D eigenvalue weighted by atomic mass is 35.5. The van der Waals surface area contributed by atoms with Gasteiger partial charge in [0.1, 0.15) is 12.4 Å². The van der Waals surface area contributed by atoms with Crippen molar-refractivity contribution in [1.29, 1.82) is 0 Å². The number of anilines is 1. The molecule has 2 aromatic rings. The number of rotatable bonds is 4. The first kappa shape index (κ1) is 14.1. The molecular weight excluding hydrogens is 280 g/mol. The Bertz CT molecular complexity index is 659. The van der Waals surface area contributed by atoms with E-state index in [2.05, 4.69) is 0 Å². The maximum Gasteiger partial charge on any atom is 0.277 e. The highest BCUT2D eigenvalue weighted by molar-refractivity contribution is 6.30. The summed E-state index contributed by atoms with van der Waals surface area (Å²) >= 11 is 5.76. The van der Waals surface area contributed by atoms with E-state index in [4.69, 9.17) is 22.1 Å². The molecule has 6 heteroatoms. The van der Waals surface area contributed by atoms with Gasteiger partial charge in [0, 0.05) is 16.8 Å². The van der Waals surface area contributed by atoms with Crippen LogP contribution in [0.2, 0.25) is 5.02 Å². The second kappa shape index (κ2) is 5.79. The summed E-state index contributed by atoms with van der Waals surface area (Å²) in [5, 5.41) is 11.3. The molecule has 0 heterocycles. The lowest BCUT2D eigenvalue weighted by Crippen LogP contribution is -2.01. The average molecular weight is 293 g/mol. The van der Waals surface area contributed by atoms with E-state index in [1.165, 1.54) is 6.07 Å². The number of nitrogen functional groups attached to an aromatic ring is 1. The lowest BCUT2D eigenvalue weighted by Gasteiger charge is -2.10. The lowest BCUT2D eigenvalue weighted by atomic mass is 10.2. The van der Waals surface area contributed by atoms with Crippen LogP contribution in [-0.4, -0.2) is 4.92 Å². The predicted molar refractivity (Wildman–Crippen MR) is 78.0 cm³/mol. The third kappa shape index (κ3) is 3.19. The minimum Gasteiger partial charge on any atom is -0.488 e. The van der Waals surface area contributed by atoms with Crippen LogP contribution in [0, 0.1) is 17.0 Å². The Morgan fingerprint density at radius 3 is 2.70 bits per heavy atom. The van der Waals surface area contributed by atoms with E-state index in [1.807, 2.05) is 6.92 Å². The molecule has 2 aromatic carbocycles. The second-order valence-electron chi connectivity index (χ2n) is 4.34. The van der Waals surface area contributed by atoms with Gasteiger partial charge in [-0.3, -0.25) is 10.1 Å². The van der Waals surface area contributed by atoms with Crippen molar-refractivity contribution in [3.63, 3.8) is 0 Å². The molecule has 0 aliphatic heterocycles. The molecule has 0 aliphatic rings. The highest BCUT2D eigenvalue weighted by Crippen LogP contribution is 2.26. The molecule has 0 saturated carbocycles. The number of nitrogens with zero attached hydrogens (tertiary/aromatic N) is 1. The molecule has 2 rings (SSSR count). The quantitative estimate of drug-likeness (QED) is 0.529. The van der Waals surface area contributed by atoms with Crippen molar-refractivity contribution in [3.8, 4) is 5.75 Å². The van der Waals surface area contributed by atoms with E-state index < -0.39 is 4.92 Å². The third-order valence-electron chi connectivity index (χ3n) is 2.83. The summed E-state index contributed by atoms with van der Waals surface area (Å²) in [7, 11) is 0. The van der Waals surface area contributed by atoms with Gasteiger partial charge in [-0.05, 0) is 42.8 Å². The molecule has 0 atom stereocenters. The summed E-state index contributed by atoms with van der Waals surface area (Å²) in [5.41, 5.74) is 7.60. The molecule has 0 aliphatic carbocycles. The van der Waals surface area contributed by atoms with E-state index in [9.17, 15) is 10.1 Å². The van der Waals surface area contributed by atoms with Gasteiger partial charge in [0.25, 0.3) is 5.69 Å².